The Morgan fingerprint density at radius 2 is 1.54 bits per heavy atom. The third-order valence-corrected chi connectivity index (χ3v) is 7.59. The van der Waals surface area contributed by atoms with Gasteiger partial charge in [-0.3, -0.25) is 0 Å². The average Bonchev–Trinajstić information content (AvgIpc) is 2.84. The second-order valence-electron chi connectivity index (χ2n) is 11.4. The summed E-state index contributed by atoms with van der Waals surface area (Å²) in [6.07, 6.45) is 4.95. The van der Waals surface area contributed by atoms with Gasteiger partial charge in [0.15, 0.2) is 0 Å². The predicted molar refractivity (Wildman–Crippen MR) is 145 cm³/mol. The maximum absolute atomic E-state index is 10.0. The largest absolute Gasteiger partial charge is 0.494 e. The molecule has 0 amide bonds. The summed E-state index contributed by atoms with van der Waals surface area (Å²) in [5.74, 6) is 2.53. The lowest BCUT2D eigenvalue weighted by atomic mass is 9.72. The molecule has 0 aromatic heterocycles. The number of hydrogen-bond donors (Lipinski definition) is 2. The molecule has 1 aliphatic carbocycles. The summed E-state index contributed by atoms with van der Waals surface area (Å²) in [5.41, 5.74) is 9.07. The molecule has 0 saturated heterocycles. The van der Waals surface area contributed by atoms with Gasteiger partial charge in [-0.25, -0.2) is 0 Å². The normalized spacial score (nSPS) is 20.4. The minimum atomic E-state index is -0.858. The lowest BCUT2D eigenvalue weighted by Crippen LogP contribution is -2.37. The average molecular weight is 476 g/mol. The standard InChI is InChI=1S/C31H41NO3/c1-6-34-24-12-7-21(8-13-24)29-27-17-16-26(19-22(27)9-18-28(29)31(5,32)20-33)35-25-14-10-23(11-15-25)30(2,3)4/h7-9,12-13,16-19,23,25,33H,6,10-11,14-15,20,32H2,1-5H3/t23-,25-,31-/m0/s1. The molecule has 0 bridgehead atoms. The minimum absolute atomic E-state index is 0.138. The Morgan fingerprint density at radius 3 is 2.14 bits per heavy atom. The molecule has 4 heteroatoms. The highest BCUT2D eigenvalue weighted by atomic mass is 16.5. The van der Waals surface area contributed by atoms with Gasteiger partial charge in [0, 0.05) is 0 Å². The van der Waals surface area contributed by atoms with E-state index in [1.54, 1.807) is 0 Å². The van der Waals surface area contributed by atoms with Crippen molar-refractivity contribution in [3.05, 3.63) is 60.2 Å². The molecular weight excluding hydrogens is 434 g/mol. The molecule has 4 rings (SSSR count). The lowest BCUT2D eigenvalue weighted by molar-refractivity contribution is 0.0883. The van der Waals surface area contributed by atoms with Crippen LogP contribution in [0, 0.1) is 11.3 Å². The van der Waals surface area contributed by atoms with Crippen molar-refractivity contribution in [3.63, 3.8) is 0 Å². The number of rotatable bonds is 7. The number of benzene rings is 3. The Morgan fingerprint density at radius 1 is 0.886 bits per heavy atom. The summed E-state index contributed by atoms with van der Waals surface area (Å²) in [4.78, 5) is 0. The molecule has 3 aromatic carbocycles. The summed E-state index contributed by atoms with van der Waals surface area (Å²) in [6, 6.07) is 18.6. The Bertz CT molecular complexity index is 1140. The van der Waals surface area contributed by atoms with E-state index in [2.05, 4.69) is 57.2 Å². The molecule has 0 unspecified atom stereocenters. The third-order valence-electron chi connectivity index (χ3n) is 7.59. The molecule has 0 radical (unpaired) electrons. The van der Waals surface area contributed by atoms with Gasteiger partial charge in [0.2, 0.25) is 0 Å². The van der Waals surface area contributed by atoms with Crippen molar-refractivity contribution in [2.75, 3.05) is 13.2 Å². The van der Waals surface area contributed by atoms with Gasteiger partial charge >= 0.3 is 0 Å². The van der Waals surface area contributed by atoms with E-state index in [0.717, 1.165) is 57.7 Å². The van der Waals surface area contributed by atoms with Crippen LogP contribution in [0.5, 0.6) is 11.5 Å². The van der Waals surface area contributed by atoms with E-state index in [1.165, 1.54) is 12.8 Å². The molecule has 3 aromatic rings. The molecule has 1 atom stereocenters. The number of aliphatic hydroxyl groups is 1. The van der Waals surface area contributed by atoms with Crippen molar-refractivity contribution >= 4 is 10.8 Å². The molecule has 35 heavy (non-hydrogen) atoms. The first kappa shape index (κ1) is 25.5. The second-order valence-corrected chi connectivity index (χ2v) is 11.4. The smallest absolute Gasteiger partial charge is 0.120 e. The number of ether oxygens (including phenoxy) is 2. The van der Waals surface area contributed by atoms with Crippen LogP contribution in [0.4, 0.5) is 0 Å². The summed E-state index contributed by atoms with van der Waals surface area (Å²) in [7, 11) is 0. The van der Waals surface area contributed by atoms with Gasteiger partial charge in [-0.15, -0.1) is 0 Å². The van der Waals surface area contributed by atoms with E-state index in [4.69, 9.17) is 15.2 Å². The summed E-state index contributed by atoms with van der Waals surface area (Å²) >= 11 is 0. The molecule has 4 nitrogen and oxygen atoms in total. The Hall–Kier alpha value is -2.56. The van der Waals surface area contributed by atoms with Crippen LogP contribution < -0.4 is 15.2 Å². The highest BCUT2D eigenvalue weighted by Crippen LogP contribution is 2.41. The van der Waals surface area contributed by atoms with E-state index in [1.807, 2.05) is 32.0 Å². The van der Waals surface area contributed by atoms with E-state index in [-0.39, 0.29) is 12.7 Å². The first-order valence-corrected chi connectivity index (χ1v) is 13.0. The van der Waals surface area contributed by atoms with Crippen LogP contribution in [0.1, 0.15) is 65.9 Å². The number of aliphatic hydroxyl groups excluding tert-OH is 1. The zero-order valence-corrected chi connectivity index (χ0v) is 21.9. The summed E-state index contributed by atoms with van der Waals surface area (Å²) < 4.78 is 12.1. The quantitative estimate of drug-likeness (QED) is 0.384. The maximum atomic E-state index is 10.0. The molecule has 1 fully saturated rings. The van der Waals surface area contributed by atoms with Crippen LogP contribution in [0.15, 0.2) is 54.6 Å². The lowest BCUT2D eigenvalue weighted by Gasteiger charge is -2.37. The number of hydrogen-bond acceptors (Lipinski definition) is 4. The minimum Gasteiger partial charge on any atom is -0.494 e. The van der Waals surface area contributed by atoms with Crippen molar-refractivity contribution in [3.8, 4) is 22.6 Å². The third kappa shape index (κ3) is 5.65. The monoisotopic (exact) mass is 475 g/mol. The van der Waals surface area contributed by atoms with Gasteiger partial charge in [0.1, 0.15) is 11.5 Å². The van der Waals surface area contributed by atoms with Crippen LogP contribution in [0.3, 0.4) is 0 Å². The fourth-order valence-electron chi connectivity index (χ4n) is 5.38. The molecule has 1 saturated carbocycles. The Kier molecular flexibility index (Phi) is 7.44. The highest BCUT2D eigenvalue weighted by molar-refractivity contribution is 5.99. The Labute approximate surface area is 210 Å². The van der Waals surface area contributed by atoms with E-state index in [9.17, 15) is 5.11 Å². The molecule has 0 spiro atoms. The molecule has 0 aliphatic heterocycles. The first-order chi connectivity index (χ1) is 16.6. The van der Waals surface area contributed by atoms with Crippen LogP contribution in [-0.4, -0.2) is 24.4 Å². The summed E-state index contributed by atoms with van der Waals surface area (Å²) in [5, 5.41) is 12.2. The molecule has 0 heterocycles. The molecular formula is C31H41NO3. The molecule has 188 valence electrons. The van der Waals surface area contributed by atoms with E-state index in [0.29, 0.717) is 12.0 Å². The zero-order chi connectivity index (χ0) is 25.2. The van der Waals surface area contributed by atoms with Crippen LogP contribution in [0.25, 0.3) is 21.9 Å². The van der Waals surface area contributed by atoms with Gasteiger partial charge in [-0.2, -0.15) is 0 Å². The van der Waals surface area contributed by atoms with Crippen molar-refractivity contribution in [2.45, 2.75) is 71.9 Å². The first-order valence-electron chi connectivity index (χ1n) is 13.0. The van der Waals surface area contributed by atoms with Crippen LogP contribution >= 0.6 is 0 Å². The predicted octanol–water partition coefficient (Wildman–Crippen LogP) is 7.06. The van der Waals surface area contributed by atoms with E-state index < -0.39 is 5.54 Å². The SMILES string of the molecule is CCOc1ccc(-c2c([C@@](C)(N)CO)ccc3cc(O[C@H]4CC[C@H](C(C)(C)C)CC4)ccc23)cc1. The fourth-order valence-corrected chi connectivity index (χ4v) is 5.38. The van der Waals surface area contributed by atoms with E-state index >= 15 is 0 Å². The number of fused-ring (bicyclic) bond motifs is 1. The number of nitrogens with two attached hydrogens (primary N) is 1. The van der Waals surface area contributed by atoms with Crippen molar-refractivity contribution in [1.29, 1.82) is 0 Å². The van der Waals surface area contributed by atoms with Crippen molar-refractivity contribution < 1.29 is 14.6 Å². The topological polar surface area (TPSA) is 64.7 Å². The molecule has 1 aliphatic rings. The zero-order valence-electron chi connectivity index (χ0n) is 21.9. The van der Waals surface area contributed by atoms with Gasteiger partial charge < -0.3 is 20.3 Å². The van der Waals surface area contributed by atoms with Gasteiger partial charge in [0.25, 0.3) is 0 Å². The maximum Gasteiger partial charge on any atom is 0.120 e. The van der Waals surface area contributed by atoms with Crippen LogP contribution in [-0.2, 0) is 5.54 Å². The second kappa shape index (κ2) is 10.2. The van der Waals surface area contributed by atoms with Crippen LogP contribution in [0.2, 0.25) is 0 Å². The van der Waals surface area contributed by atoms with Crippen molar-refractivity contribution in [2.24, 2.45) is 17.1 Å². The van der Waals surface area contributed by atoms with Crippen molar-refractivity contribution in [1.82, 2.24) is 0 Å². The summed E-state index contributed by atoms with van der Waals surface area (Å²) in [6.45, 7) is 11.4. The Balaban J connectivity index is 1.66. The fraction of sp³-hybridized carbons (Fsp3) is 0.484. The van der Waals surface area contributed by atoms with Gasteiger partial charge in [-0.1, -0.05) is 51.1 Å². The van der Waals surface area contributed by atoms with Gasteiger partial charge in [0.05, 0.1) is 24.9 Å². The highest BCUT2D eigenvalue weighted by Gasteiger charge is 2.30. The van der Waals surface area contributed by atoms with Gasteiger partial charge in [-0.05, 0) is 103 Å². The molecule has 3 N–H and O–H groups in total.